The Morgan fingerprint density at radius 3 is 2.55 bits per heavy atom. The standard InChI is InChI=1S/C17H24FNO/c1-13(2)11-19(14-7-3-4-8-14)12-17(20)15-9-5-6-10-16(15)18/h5-6,9-10,13-14H,3-4,7-8,11-12H2,1-2H3. The molecule has 0 unspecified atom stereocenters. The molecule has 2 nitrogen and oxygen atoms in total. The third-order valence-electron chi connectivity index (χ3n) is 3.96. The largest absolute Gasteiger partial charge is 0.293 e. The lowest BCUT2D eigenvalue weighted by molar-refractivity contribution is 0.0872. The van der Waals surface area contributed by atoms with Gasteiger partial charge in [0.05, 0.1) is 12.1 Å². The molecule has 1 aromatic rings. The molecule has 0 saturated heterocycles. The van der Waals surface area contributed by atoms with Gasteiger partial charge in [-0.3, -0.25) is 9.69 Å². The van der Waals surface area contributed by atoms with E-state index in [9.17, 15) is 9.18 Å². The summed E-state index contributed by atoms with van der Waals surface area (Å²) in [6, 6.07) is 6.77. The number of hydrogen-bond acceptors (Lipinski definition) is 2. The fraction of sp³-hybridized carbons (Fsp3) is 0.588. The van der Waals surface area contributed by atoms with Crippen LogP contribution in [-0.2, 0) is 0 Å². The van der Waals surface area contributed by atoms with Crippen LogP contribution < -0.4 is 0 Å². The van der Waals surface area contributed by atoms with Gasteiger partial charge >= 0.3 is 0 Å². The third-order valence-corrected chi connectivity index (χ3v) is 3.96. The molecular formula is C17H24FNO. The Hall–Kier alpha value is -1.22. The van der Waals surface area contributed by atoms with E-state index in [2.05, 4.69) is 18.7 Å². The Kier molecular flexibility index (Phi) is 5.30. The van der Waals surface area contributed by atoms with Gasteiger partial charge in [0.15, 0.2) is 5.78 Å². The van der Waals surface area contributed by atoms with Crippen LogP contribution in [0.15, 0.2) is 24.3 Å². The van der Waals surface area contributed by atoms with E-state index in [4.69, 9.17) is 0 Å². The van der Waals surface area contributed by atoms with Crippen LogP contribution in [0, 0.1) is 11.7 Å². The molecule has 0 bridgehead atoms. The first-order valence-electron chi connectivity index (χ1n) is 7.59. The monoisotopic (exact) mass is 277 g/mol. The van der Waals surface area contributed by atoms with E-state index in [0.29, 0.717) is 18.5 Å². The van der Waals surface area contributed by atoms with E-state index in [-0.39, 0.29) is 11.3 Å². The molecule has 1 aliphatic rings. The SMILES string of the molecule is CC(C)CN(CC(=O)c1ccccc1F)C1CCCC1. The summed E-state index contributed by atoms with van der Waals surface area (Å²) >= 11 is 0. The predicted molar refractivity (Wildman–Crippen MR) is 79.4 cm³/mol. The molecule has 0 amide bonds. The summed E-state index contributed by atoms with van der Waals surface area (Å²) in [5, 5.41) is 0. The van der Waals surface area contributed by atoms with Crippen molar-refractivity contribution in [2.24, 2.45) is 5.92 Å². The minimum atomic E-state index is -0.409. The summed E-state index contributed by atoms with van der Waals surface area (Å²) in [6.07, 6.45) is 4.81. The van der Waals surface area contributed by atoms with Crippen LogP contribution >= 0.6 is 0 Å². The summed E-state index contributed by atoms with van der Waals surface area (Å²) in [6.45, 7) is 5.57. The first-order valence-corrected chi connectivity index (χ1v) is 7.59. The number of halogens is 1. The highest BCUT2D eigenvalue weighted by molar-refractivity contribution is 5.97. The zero-order chi connectivity index (χ0) is 14.5. The molecule has 0 atom stereocenters. The second-order valence-corrected chi connectivity index (χ2v) is 6.16. The van der Waals surface area contributed by atoms with Crippen LogP contribution in [0.2, 0.25) is 0 Å². The molecule has 110 valence electrons. The van der Waals surface area contributed by atoms with Gasteiger partial charge in [-0.05, 0) is 30.9 Å². The molecular weight excluding hydrogens is 253 g/mol. The quantitative estimate of drug-likeness (QED) is 0.735. The average Bonchev–Trinajstić information content (AvgIpc) is 2.91. The maximum Gasteiger partial charge on any atom is 0.179 e. The normalized spacial score (nSPS) is 16.2. The summed E-state index contributed by atoms with van der Waals surface area (Å²) in [5.41, 5.74) is 0.222. The lowest BCUT2D eigenvalue weighted by Gasteiger charge is -2.29. The number of rotatable bonds is 6. The summed E-state index contributed by atoms with van der Waals surface area (Å²) in [7, 11) is 0. The topological polar surface area (TPSA) is 20.3 Å². The highest BCUT2D eigenvalue weighted by Crippen LogP contribution is 2.24. The molecule has 0 aliphatic heterocycles. The van der Waals surface area contributed by atoms with E-state index in [1.807, 2.05) is 0 Å². The van der Waals surface area contributed by atoms with Crippen molar-refractivity contribution in [2.45, 2.75) is 45.6 Å². The fourth-order valence-electron chi connectivity index (χ4n) is 3.04. The zero-order valence-electron chi connectivity index (χ0n) is 12.4. The van der Waals surface area contributed by atoms with Gasteiger partial charge in [-0.25, -0.2) is 4.39 Å². The van der Waals surface area contributed by atoms with E-state index in [1.54, 1.807) is 18.2 Å². The molecule has 3 heteroatoms. The maximum absolute atomic E-state index is 13.7. The smallest absolute Gasteiger partial charge is 0.179 e. The number of nitrogens with zero attached hydrogens (tertiary/aromatic N) is 1. The Morgan fingerprint density at radius 1 is 1.30 bits per heavy atom. The number of carbonyl (C=O) groups is 1. The van der Waals surface area contributed by atoms with Crippen LogP contribution in [0.1, 0.15) is 49.9 Å². The average molecular weight is 277 g/mol. The van der Waals surface area contributed by atoms with Gasteiger partial charge in [-0.2, -0.15) is 0 Å². The van der Waals surface area contributed by atoms with Crippen LogP contribution in [0.5, 0.6) is 0 Å². The van der Waals surface area contributed by atoms with Gasteiger partial charge in [0.25, 0.3) is 0 Å². The number of hydrogen-bond donors (Lipinski definition) is 0. The van der Waals surface area contributed by atoms with Gasteiger partial charge < -0.3 is 0 Å². The van der Waals surface area contributed by atoms with Gasteiger partial charge in [0.1, 0.15) is 5.82 Å². The van der Waals surface area contributed by atoms with Crippen molar-refractivity contribution < 1.29 is 9.18 Å². The Bertz CT molecular complexity index is 452. The Labute approximate surface area is 121 Å². The predicted octanol–water partition coefficient (Wildman–Crippen LogP) is 3.91. The summed E-state index contributed by atoms with van der Waals surface area (Å²) in [4.78, 5) is 14.6. The molecule has 0 radical (unpaired) electrons. The molecule has 0 N–H and O–H groups in total. The maximum atomic E-state index is 13.7. The third kappa shape index (κ3) is 3.89. The molecule has 2 rings (SSSR count). The van der Waals surface area contributed by atoms with Crippen LogP contribution in [0.4, 0.5) is 4.39 Å². The minimum Gasteiger partial charge on any atom is -0.293 e. The first-order chi connectivity index (χ1) is 9.58. The number of carbonyl (C=O) groups excluding carboxylic acids is 1. The lowest BCUT2D eigenvalue weighted by atomic mass is 10.1. The van der Waals surface area contributed by atoms with Crippen molar-refractivity contribution in [3.63, 3.8) is 0 Å². The lowest BCUT2D eigenvalue weighted by Crippen LogP contribution is -2.40. The Morgan fingerprint density at radius 2 is 1.95 bits per heavy atom. The molecule has 1 aliphatic carbocycles. The highest BCUT2D eigenvalue weighted by Gasteiger charge is 2.25. The summed E-state index contributed by atoms with van der Waals surface area (Å²) in [5.74, 6) is 0.00749. The van der Waals surface area contributed by atoms with Gasteiger partial charge in [-0.1, -0.05) is 38.8 Å². The van der Waals surface area contributed by atoms with E-state index >= 15 is 0 Å². The molecule has 1 saturated carbocycles. The number of benzene rings is 1. The second-order valence-electron chi connectivity index (χ2n) is 6.16. The van der Waals surface area contributed by atoms with Crippen molar-refractivity contribution >= 4 is 5.78 Å². The van der Waals surface area contributed by atoms with E-state index in [1.165, 1.54) is 18.9 Å². The van der Waals surface area contributed by atoms with Crippen molar-refractivity contribution in [1.29, 1.82) is 0 Å². The van der Waals surface area contributed by atoms with E-state index in [0.717, 1.165) is 19.4 Å². The van der Waals surface area contributed by atoms with Crippen molar-refractivity contribution in [3.05, 3.63) is 35.6 Å². The molecule has 20 heavy (non-hydrogen) atoms. The molecule has 0 heterocycles. The minimum absolute atomic E-state index is 0.101. The van der Waals surface area contributed by atoms with Crippen molar-refractivity contribution in [3.8, 4) is 0 Å². The number of ketones is 1. The zero-order valence-corrected chi connectivity index (χ0v) is 12.4. The van der Waals surface area contributed by atoms with E-state index < -0.39 is 5.82 Å². The fourth-order valence-corrected chi connectivity index (χ4v) is 3.04. The van der Waals surface area contributed by atoms with Crippen LogP contribution in [0.25, 0.3) is 0 Å². The van der Waals surface area contributed by atoms with Crippen LogP contribution in [0.3, 0.4) is 0 Å². The molecule has 0 spiro atoms. The number of Topliss-reactive ketones (excluding diaryl/α,β-unsaturated/α-hetero) is 1. The second kappa shape index (κ2) is 6.98. The van der Waals surface area contributed by atoms with Gasteiger partial charge in [0.2, 0.25) is 0 Å². The van der Waals surface area contributed by atoms with Gasteiger partial charge in [-0.15, -0.1) is 0 Å². The molecule has 1 aromatic carbocycles. The van der Waals surface area contributed by atoms with Crippen LogP contribution in [-0.4, -0.2) is 29.8 Å². The first kappa shape index (κ1) is 15.2. The molecule has 1 fully saturated rings. The van der Waals surface area contributed by atoms with Crippen molar-refractivity contribution in [1.82, 2.24) is 4.90 Å². The highest BCUT2D eigenvalue weighted by atomic mass is 19.1. The molecule has 0 aromatic heterocycles. The summed E-state index contributed by atoms with van der Waals surface area (Å²) < 4.78 is 13.7. The Balaban J connectivity index is 2.06. The van der Waals surface area contributed by atoms with Gasteiger partial charge in [0, 0.05) is 12.6 Å². The van der Waals surface area contributed by atoms with Crippen molar-refractivity contribution in [2.75, 3.05) is 13.1 Å².